The van der Waals surface area contributed by atoms with E-state index >= 15 is 0 Å². The average molecular weight is 535 g/mol. The molecule has 0 amide bonds. The molecule has 1 aliphatic carbocycles. The van der Waals surface area contributed by atoms with Gasteiger partial charge in [-0.2, -0.15) is 0 Å². The molecule has 3 unspecified atom stereocenters. The highest BCUT2D eigenvalue weighted by molar-refractivity contribution is 5.10. The number of aliphatic hydroxyl groups is 1. The van der Waals surface area contributed by atoms with Crippen molar-refractivity contribution in [3.05, 3.63) is 24.0 Å². The van der Waals surface area contributed by atoms with Crippen molar-refractivity contribution in [3.8, 4) is 0 Å². The van der Waals surface area contributed by atoms with Crippen LogP contribution < -0.4 is 0 Å². The molecule has 5 atom stereocenters. The minimum Gasteiger partial charge on any atom is -0.470 e. The molecule has 3 fully saturated rings. The second-order valence-corrected chi connectivity index (χ2v) is 13.1. The van der Waals surface area contributed by atoms with Crippen molar-refractivity contribution in [2.75, 3.05) is 19.8 Å². The van der Waals surface area contributed by atoms with Crippen molar-refractivity contribution in [1.82, 2.24) is 0 Å². The summed E-state index contributed by atoms with van der Waals surface area (Å²) in [6, 6.07) is 0. The molecule has 3 rings (SSSR count). The van der Waals surface area contributed by atoms with Gasteiger partial charge in [-0.1, -0.05) is 52.7 Å². The standard InChI is InChI=1S/C33H58O5/c1-5-6-7-8-11-19-33(34)20-14-15-28(33)24-29(38-31-17-10-13-23-36-31)25-32(3,4)21-18-27(2)26-37-30-16-9-12-22-35-30/h8,11,24,27-28,30-31,34H,5-7,9-10,12-23,25-26H2,1-4H3/t27?,28-,30?,31?,33+/m0/s1. The Morgan fingerprint density at radius 3 is 2.45 bits per heavy atom. The van der Waals surface area contributed by atoms with Crippen LogP contribution in [0.3, 0.4) is 0 Å². The van der Waals surface area contributed by atoms with Gasteiger partial charge in [0.2, 0.25) is 0 Å². The van der Waals surface area contributed by atoms with Crippen molar-refractivity contribution in [2.45, 2.75) is 149 Å². The van der Waals surface area contributed by atoms with Gasteiger partial charge in [0, 0.05) is 25.4 Å². The summed E-state index contributed by atoms with van der Waals surface area (Å²) in [4.78, 5) is 0. The van der Waals surface area contributed by atoms with Gasteiger partial charge in [0.25, 0.3) is 0 Å². The lowest BCUT2D eigenvalue weighted by Crippen LogP contribution is -2.32. The molecular weight excluding hydrogens is 476 g/mol. The highest BCUT2D eigenvalue weighted by atomic mass is 16.7. The van der Waals surface area contributed by atoms with E-state index in [1.54, 1.807) is 0 Å². The summed E-state index contributed by atoms with van der Waals surface area (Å²) >= 11 is 0. The normalized spacial score (nSPS) is 30.1. The number of hydrogen-bond acceptors (Lipinski definition) is 5. The molecular formula is C33H58O5. The Morgan fingerprint density at radius 2 is 1.76 bits per heavy atom. The van der Waals surface area contributed by atoms with Crippen molar-refractivity contribution >= 4 is 0 Å². The van der Waals surface area contributed by atoms with E-state index < -0.39 is 5.60 Å². The van der Waals surface area contributed by atoms with Crippen LogP contribution in [0.1, 0.15) is 130 Å². The molecule has 2 aliphatic heterocycles. The van der Waals surface area contributed by atoms with Gasteiger partial charge < -0.3 is 24.1 Å². The lowest BCUT2D eigenvalue weighted by molar-refractivity contribution is -0.168. The summed E-state index contributed by atoms with van der Waals surface area (Å²) in [6.07, 6.45) is 23.5. The van der Waals surface area contributed by atoms with E-state index in [1.165, 1.54) is 19.3 Å². The Balaban J connectivity index is 1.59. The molecule has 0 aromatic rings. The van der Waals surface area contributed by atoms with E-state index in [9.17, 15) is 5.11 Å². The Bertz CT molecular complexity index is 704. The molecule has 5 nitrogen and oxygen atoms in total. The van der Waals surface area contributed by atoms with Gasteiger partial charge in [0.1, 0.15) is 0 Å². The van der Waals surface area contributed by atoms with Crippen molar-refractivity contribution < 1.29 is 24.1 Å². The third kappa shape index (κ3) is 11.3. The maximum Gasteiger partial charge on any atom is 0.199 e. The third-order valence-corrected chi connectivity index (χ3v) is 8.66. The Kier molecular flexibility index (Phi) is 13.7. The second kappa shape index (κ2) is 16.4. The Morgan fingerprint density at radius 1 is 1.03 bits per heavy atom. The van der Waals surface area contributed by atoms with Crippen LogP contribution in [0.5, 0.6) is 0 Å². The van der Waals surface area contributed by atoms with Crippen LogP contribution in [0.4, 0.5) is 0 Å². The summed E-state index contributed by atoms with van der Waals surface area (Å²) in [5.41, 5.74) is -0.575. The predicted octanol–water partition coefficient (Wildman–Crippen LogP) is 8.46. The monoisotopic (exact) mass is 534 g/mol. The molecule has 2 heterocycles. The highest BCUT2D eigenvalue weighted by Gasteiger charge is 2.39. The van der Waals surface area contributed by atoms with Crippen LogP contribution in [0.15, 0.2) is 24.0 Å². The number of ether oxygens (including phenoxy) is 4. The zero-order chi connectivity index (χ0) is 27.3. The number of allylic oxidation sites excluding steroid dienone is 2. The fraction of sp³-hybridized carbons (Fsp3) is 0.879. The van der Waals surface area contributed by atoms with E-state index in [0.717, 1.165) is 109 Å². The molecule has 0 aromatic heterocycles. The predicted molar refractivity (Wildman–Crippen MR) is 155 cm³/mol. The van der Waals surface area contributed by atoms with Crippen LogP contribution >= 0.6 is 0 Å². The molecule has 0 bridgehead atoms. The van der Waals surface area contributed by atoms with Gasteiger partial charge in [-0.25, -0.2) is 0 Å². The molecule has 3 aliphatic rings. The van der Waals surface area contributed by atoms with Gasteiger partial charge in [-0.3, -0.25) is 0 Å². The van der Waals surface area contributed by atoms with Gasteiger partial charge in [-0.15, -0.1) is 0 Å². The van der Waals surface area contributed by atoms with Crippen molar-refractivity contribution in [2.24, 2.45) is 17.3 Å². The van der Waals surface area contributed by atoms with Crippen LogP contribution in [-0.2, 0) is 18.9 Å². The fourth-order valence-corrected chi connectivity index (χ4v) is 6.03. The Labute approximate surface area is 233 Å². The number of hydrogen-bond donors (Lipinski definition) is 1. The maximum absolute atomic E-state index is 11.6. The third-order valence-electron chi connectivity index (χ3n) is 8.66. The van der Waals surface area contributed by atoms with E-state index in [0.29, 0.717) is 5.92 Å². The highest BCUT2D eigenvalue weighted by Crippen LogP contribution is 2.42. The van der Waals surface area contributed by atoms with Crippen LogP contribution in [0.2, 0.25) is 0 Å². The molecule has 0 aromatic carbocycles. The Hall–Kier alpha value is -0.880. The van der Waals surface area contributed by atoms with Crippen molar-refractivity contribution in [3.63, 3.8) is 0 Å². The average Bonchev–Trinajstić information content (AvgIpc) is 3.26. The van der Waals surface area contributed by atoms with E-state index in [-0.39, 0.29) is 23.9 Å². The molecule has 1 N–H and O–H groups in total. The molecule has 5 heteroatoms. The van der Waals surface area contributed by atoms with Gasteiger partial charge in [0.05, 0.1) is 24.6 Å². The van der Waals surface area contributed by atoms with E-state index in [4.69, 9.17) is 18.9 Å². The molecule has 0 spiro atoms. The smallest absolute Gasteiger partial charge is 0.199 e. The van der Waals surface area contributed by atoms with Gasteiger partial charge in [0.15, 0.2) is 12.6 Å². The molecule has 220 valence electrons. The summed E-state index contributed by atoms with van der Waals surface area (Å²) in [5.74, 6) is 1.64. The van der Waals surface area contributed by atoms with E-state index in [2.05, 4.69) is 45.9 Å². The minimum atomic E-state index is -0.665. The van der Waals surface area contributed by atoms with Crippen LogP contribution in [0, 0.1) is 17.3 Å². The first kappa shape index (κ1) is 31.6. The lowest BCUT2D eigenvalue weighted by atomic mass is 9.80. The number of rotatable bonds is 16. The largest absolute Gasteiger partial charge is 0.470 e. The topological polar surface area (TPSA) is 57.2 Å². The summed E-state index contributed by atoms with van der Waals surface area (Å²) in [6.45, 7) is 11.6. The fourth-order valence-electron chi connectivity index (χ4n) is 6.03. The SMILES string of the molecule is CCCCC=CC[C@@]1(O)CCC[C@H]1C=C(CC(C)(C)CCC(C)COC1CCCCO1)OC1CCCCO1. The summed E-state index contributed by atoms with van der Waals surface area (Å²) in [5, 5.41) is 11.6. The van der Waals surface area contributed by atoms with Gasteiger partial charge in [-0.05, 0) is 94.5 Å². The quantitative estimate of drug-likeness (QED) is 0.122. The molecule has 1 saturated carbocycles. The minimum absolute atomic E-state index is 0.00992. The molecule has 0 radical (unpaired) electrons. The number of unbranched alkanes of at least 4 members (excludes halogenated alkanes) is 2. The van der Waals surface area contributed by atoms with Gasteiger partial charge >= 0.3 is 0 Å². The first-order chi connectivity index (χ1) is 18.3. The maximum atomic E-state index is 11.6. The zero-order valence-electron chi connectivity index (χ0n) is 25.1. The summed E-state index contributed by atoms with van der Waals surface area (Å²) < 4.78 is 24.3. The lowest BCUT2D eigenvalue weighted by Gasteiger charge is -2.33. The van der Waals surface area contributed by atoms with Crippen LogP contribution in [-0.4, -0.2) is 43.1 Å². The first-order valence-electron chi connectivity index (χ1n) is 15.9. The second-order valence-electron chi connectivity index (χ2n) is 13.1. The zero-order valence-corrected chi connectivity index (χ0v) is 25.1. The first-order valence-corrected chi connectivity index (χ1v) is 15.9. The van der Waals surface area contributed by atoms with E-state index in [1.807, 2.05) is 0 Å². The summed E-state index contributed by atoms with van der Waals surface area (Å²) in [7, 11) is 0. The molecule has 38 heavy (non-hydrogen) atoms. The van der Waals surface area contributed by atoms with Crippen molar-refractivity contribution in [1.29, 1.82) is 0 Å². The van der Waals surface area contributed by atoms with Crippen LogP contribution in [0.25, 0.3) is 0 Å². The molecule has 2 saturated heterocycles.